The van der Waals surface area contributed by atoms with Crippen molar-refractivity contribution in [2.24, 2.45) is 0 Å². The molecule has 0 spiro atoms. The van der Waals surface area contributed by atoms with Gasteiger partial charge in [0.25, 0.3) is 0 Å². The number of rotatable bonds is 6. The van der Waals surface area contributed by atoms with Crippen LogP contribution in [0.1, 0.15) is 31.5 Å². The van der Waals surface area contributed by atoms with Crippen LogP contribution in [0.3, 0.4) is 0 Å². The molecule has 0 unspecified atom stereocenters. The number of anilines is 1. The molecule has 1 aromatic heterocycles. The topological polar surface area (TPSA) is 47.0 Å². The molecule has 1 fully saturated rings. The minimum Gasteiger partial charge on any atom is -0.380 e. The molecular weight excluding hydrogens is 190 g/mol. The summed E-state index contributed by atoms with van der Waals surface area (Å²) in [6.07, 6.45) is 4.30. The lowest BCUT2D eigenvalue weighted by atomic mass is 10.4. The summed E-state index contributed by atoms with van der Waals surface area (Å²) in [7, 11) is 0. The molecule has 2 rings (SSSR count). The van der Waals surface area contributed by atoms with Gasteiger partial charge in [0, 0.05) is 25.3 Å². The molecule has 1 N–H and O–H groups in total. The molecule has 4 nitrogen and oxygen atoms in total. The van der Waals surface area contributed by atoms with Crippen LogP contribution in [0.25, 0.3) is 0 Å². The van der Waals surface area contributed by atoms with Gasteiger partial charge >= 0.3 is 0 Å². The Morgan fingerprint density at radius 2 is 2.40 bits per heavy atom. The lowest BCUT2D eigenvalue weighted by Crippen LogP contribution is -2.10. The van der Waals surface area contributed by atoms with E-state index in [0.29, 0.717) is 5.92 Å². The largest absolute Gasteiger partial charge is 0.380 e. The van der Waals surface area contributed by atoms with Gasteiger partial charge in [-0.05, 0) is 25.8 Å². The Balaban J connectivity index is 1.82. The second kappa shape index (κ2) is 5.07. The van der Waals surface area contributed by atoms with Crippen LogP contribution >= 0.6 is 0 Å². The predicted molar refractivity (Wildman–Crippen MR) is 59.0 cm³/mol. The highest BCUT2D eigenvalue weighted by atomic mass is 16.5. The van der Waals surface area contributed by atoms with Crippen LogP contribution in [-0.4, -0.2) is 29.7 Å². The van der Waals surface area contributed by atoms with E-state index in [4.69, 9.17) is 4.74 Å². The van der Waals surface area contributed by atoms with E-state index in [1.54, 1.807) is 0 Å². The van der Waals surface area contributed by atoms with E-state index in [-0.39, 0.29) is 0 Å². The highest BCUT2D eigenvalue weighted by Crippen LogP contribution is 2.37. The molecule has 4 heteroatoms. The second-order valence-corrected chi connectivity index (χ2v) is 3.70. The van der Waals surface area contributed by atoms with Crippen molar-refractivity contribution in [1.82, 2.24) is 9.97 Å². The maximum absolute atomic E-state index is 5.24. The zero-order chi connectivity index (χ0) is 10.5. The Hall–Kier alpha value is -1.16. The summed E-state index contributed by atoms with van der Waals surface area (Å²) >= 11 is 0. The van der Waals surface area contributed by atoms with Gasteiger partial charge in [0.1, 0.15) is 11.6 Å². The van der Waals surface area contributed by atoms with E-state index in [1.807, 2.05) is 19.2 Å². The normalized spacial score (nSPS) is 15.3. The van der Waals surface area contributed by atoms with Crippen LogP contribution < -0.4 is 5.32 Å². The smallest absolute Gasteiger partial charge is 0.133 e. The fourth-order valence-electron chi connectivity index (χ4n) is 1.41. The summed E-state index contributed by atoms with van der Waals surface area (Å²) in [5.41, 5.74) is 0. The van der Waals surface area contributed by atoms with Gasteiger partial charge in [-0.25, -0.2) is 9.97 Å². The van der Waals surface area contributed by atoms with Gasteiger partial charge in [0.15, 0.2) is 0 Å². The molecule has 1 aromatic rings. The standard InChI is InChI=1S/C11H17N3O/c1-2-15-8-7-12-10-5-6-13-11(14-10)9-3-4-9/h5-6,9H,2-4,7-8H2,1H3,(H,12,13,14). The van der Waals surface area contributed by atoms with Crippen LogP contribution in [-0.2, 0) is 4.74 Å². The van der Waals surface area contributed by atoms with E-state index in [0.717, 1.165) is 31.4 Å². The first-order chi connectivity index (χ1) is 7.40. The fourth-order valence-corrected chi connectivity index (χ4v) is 1.41. The molecule has 1 heterocycles. The minimum atomic E-state index is 0.610. The van der Waals surface area contributed by atoms with Crippen LogP contribution in [0, 0.1) is 0 Å². The van der Waals surface area contributed by atoms with Crippen molar-refractivity contribution in [1.29, 1.82) is 0 Å². The van der Waals surface area contributed by atoms with Crippen LogP contribution in [0.15, 0.2) is 12.3 Å². The van der Waals surface area contributed by atoms with Gasteiger partial charge < -0.3 is 10.1 Å². The SMILES string of the molecule is CCOCCNc1ccnc(C2CC2)n1. The van der Waals surface area contributed by atoms with E-state index < -0.39 is 0 Å². The number of nitrogens with one attached hydrogen (secondary N) is 1. The molecule has 1 saturated carbocycles. The summed E-state index contributed by atoms with van der Waals surface area (Å²) < 4.78 is 5.24. The van der Waals surface area contributed by atoms with Gasteiger partial charge in [-0.15, -0.1) is 0 Å². The summed E-state index contributed by atoms with van der Waals surface area (Å²) in [5.74, 6) is 2.50. The molecular formula is C11H17N3O. The molecule has 0 atom stereocenters. The van der Waals surface area contributed by atoms with Gasteiger partial charge in [-0.1, -0.05) is 0 Å². The Kier molecular flexibility index (Phi) is 3.50. The Morgan fingerprint density at radius 3 is 3.13 bits per heavy atom. The molecule has 0 bridgehead atoms. The maximum Gasteiger partial charge on any atom is 0.133 e. The molecule has 0 saturated heterocycles. The number of ether oxygens (including phenoxy) is 1. The zero-order valence-corrected chi connectivity index (χ0v) is 9.07. The summed E-state index contributed by atoms with van der Waals surface area (Å²) in [4.78, 5) is 8.72. The van der Waals surface area contributed by atoms with Gasteiger partial charge in [0.05, 0.1) is 6.61 Å². The lowest BCUT2D eigenvalue weighted by Gasteiger charge is -2.06. The molecule has 82 valence electrons. The third-order valence-electron chi connectivity index (χ3n) is 2.37. The average Bonchev–Trinajstić information content (AvgIpc) is 3.09. The first-order valence-electron chi connectivity index (χ1n) is 5.54. The van der Waals surface area contributed by atoms with E-state index >= 15 is 0 Å². The Morgan fingerprint density at radius 1 is 1.53 bits per heavy atom. The van der Waals surface area contributed by atoms with Gasteiger partial charge in [-0.2, -0.15) is 0 Å². The van der Waals surface area contributed by atoms with Crippen LogP contribution in [0.2, 0.25) is 0 Å². The molecule has 0 radical (unpaired) electrons. The summed E-state index contributed by atoms with van der Waals surface area (Å²) in [5, 5.41) is 3.23. The van der Waals surface area contributed by atoms with Crippen molar-refractivity contribution < 1.29 is 4.74 Å². The molecule has 0 amide bonds. The minimum absolute atomic E-state index is 0.610. The predicted octanol–water partition coefficient (Wildman–Crippen LogP) is 1.80. The quantitative estimate of drug-likeness (QED) is 0.723. The molecule has 1 aliphatic rings. The van der Waals surface area contributed by atoms with Gasteiger partial charge in [-0.3, -0.25) is 0 Å². The zero-order valence-electron chi connectivity index (χ0n) is 9.07. The van der Waals surface area contributed by atoms with Crippen molar-refractivity contribution >= 4 is 5.82 Å². The van der Waals surface area contributed by atoms with Crippen LogP contribution in [0.4, 0.5) is 5.82 Å². The highest BCUT2D eigenvalue weighted by Gasteiger charge is 2.26. The maximum atomic E-state index is 5.24. The third-order valence-corrected chi connectivity index (χ3v) is 2.37. The molecule has 0 aliphatic heterocycles. The summed E-state index contributed by atoms with van der Waals surface area (Å²) in [6.45, 7) is 4.28. The summed E-state index contributed by atoms with van der Waals surface area (Å²) in [6, 6.07) is 1.90. The van der Waals surface area contributed by atoms with E-state index in [9.17, 15) is 0 Å². The van der Waals surface area contributed by atoms with Crippen molar-refractivity contribution in [2.45, 2.75) is 25.7 Å². The molecule has 0 aromatic carbocycles. The fraction of sp³-hybridized carbons (Fsp3) is 0.636. The monoisotopic (exact) mass is 207 g/mol. The Labute approximate surface area is 90.1 Å². The van der Waals surface area contributed by atoms with Crippen molar-refractivity contribution in [3.63, 3.8) is 0 Å². The van der Waals surface area contributed by atoms with Crippen molar-refractivity contribution in [3.05, 3.63) is 18.1 Å². The number of aromatic nitrogens is 2. The van der Waals surface area contributed by atoms with Crippen molar-refractivity contribution in [3.8, 4) is 0 Å². The number of hydrogen-bond donors (Lipinski definition) is 1. The van der Waals surface area contributed by atoms with Gasteiger partial charge in [0.2, 0.25) is 0 Å². The first kappa shape index (κ1) is 10.4. The van der Waals surface area contributed by atoms with Crippen molar-refractivity contribution in [2.75, 3.05) is 25.1 Å². The highest BCUT2D eigenvalue weighted by molar-refractivity contribution is 5.33. The number of nitrogens with zero attached hydrogens (tertiary/aromatic N) is 2. The Bertz CT molecular complexity index is 312. The molecule has 15 heavy (non-hydrogen) atoms. The van der Waals surface area contributed by atoms with E-state index in [1.165, 1.54) is 12.8 Å². The third kappa shape index (κ3) is 3.16. The lowest BCUT2D eigenvalue weighted by molar-refractivity contribution is 0.158. The van der Waals surface area contributed by atoms with E-state index in [2.05, 4.69) is 15.3 Å². The number of hydrogen-bond acceptors (Lipinski definition) is 4. The molecule has 1 aliphatic carbocycles. The average molecular weight is 207 g/mol. The second-order valence-electron chi connectivity index (χ2n) is 3.70. The van der Waals surface area contributed by atoms with Crippen LogP contribution in [0.5, 0.6) is 0 Å². The first-order valence-corrected chi connectivity index (χ1v) is 5.54.